The standard InChI is InChI=1S/C25H45N5O8/c1-21(2)38-16-6-4-3-5-7-26-22(31)17-27-8-10-28(18-23(32)33)12-14-30(20-25(36)37)15-13-29(11-9-27)19-24(34)35/h1,3-20H2,2H3,(H,26,31)(H,32,33)(H,34,35)(H,36,37). The molecule has 0 aromatic heterocycles. The van der Waals surface area contributed by atoms with Crippen LogP contribution >= 0.6 is 0 Å². The van der Waals surface area contributed by atoms with Crippen molar-refractivity contribution in [2.24, 2.45) is 0 Å². The highest BCUT2D eigenvalue weighted by atomic mass is 16.5. The minimum atomic E-state index is -0.999. The third-order valence-electron chi connectivity index (χ3n) is 6.12. The predicted octanol–water partition coefficient (Wildman–Crippen LogP) is -0.311. The number of nitrogens with zero attached hydrogens (tertiary/aromatic N) is 4. The fourth-order valence-corrected chi connectivity index (χ4v) is 4.10. The summed E-state index contributed by atoms with van der Waals surface area (Å²) in [5.41, 5.74) is 0. The van der Waals surface area contributed by atoms with Gasteiger partial charge in [0.15, 0.2) is 0 Å². The summed E-state index contributed by atoms with van der Waals surface area (Å²) in [4.78, 5) is 53.7. The van der Waals surface area contributed by atoms with Crippen LogP contribution in [-0.4, -0.2) is 150 Å². The molecule has 1 rings (SSSR count). The van der Waals surface area contributed by atoms with E-state index in [1.165, 1.54) is 0 Å². The van der Waals surface area contributed by atoms with E-state index in [2.05, 4.69) is 11.9 Å². The van der Waals surface area contributed by atoms with Crippen LogP contribution in [0.4, 0.5) is 0 Å². The van der Waals surface area contributed by atoms with Crippen LogP contribution in [0, 0.1) is 0 Å². The van der Waals surface area contributed by atoms with Gasteiger partial charge in [0.05, 0.1) is 38.5 Å². The van der Waals surface area contributed by atoms with Crippen molar-refractivity contribution in [3.05, 3.63) is 12.3 Å². The molecule has 13 heteroatoms. The molecule has 13 nitrogen and oxygen atoms in total. The van der Waals surface area contributed by atoms with E-state index in [4.69, 9.17) is 4.74 Å². The van der Waals surface area contributed by atoms with Crippen LogP contribution in [0.3, 0.4) is 0 Å². The van der Waals surface area contributed by atoms with Crippen molar-refractivity contribution in [2.75, 3.05) is 91.7 Å². The average molecular weight is 544 g/mol. The zero-order chi connectivity index (χ0) is 28.3. The molecule has 0 spiro atoms. The van der Waals surface area contributed by atoms with E-state index >= 15 is 0 Å². The number of nitrogens with one attached hydrogen (secondary N) is 1. The normalized spacial score (nSPS) is 17.2. The van der Waals surface area contributed by atoms with E-state index in [0.717, 1.165) is 25.7 Å². The highest BCUT2D eigenvalue weighted by Crippen LogP contribution is 2.03. The first kappa shape index (κ1) is 33.3. The summed E-state index contributed by atoms with van der Waals surface area (Å²) in [5.74, 6) is -2.39. The number of carboxylic acid groups (broad SMARTS) is 3. The maximum Gasteiger partial charge on any atom is 0.317 e. The van der Waals surface area contributed by atoms with Gasteiger partial charge >= 0.3 is 17.9 Å². The molecular weight excluding hydrogens is 498 g/mol. The van der Waals surface area contributed by atoms with Crippen molar-refractivity contribution in [1.29, 1.82) is 0 Å². The van der Waals surface area contributed by atoms with Gasteiger partial charge in [-0.25, -0.2) is 0 Å². The number of allylic oxidation sites excluding steroid dienone is 1. The summed E-state index contributed by atoms with van der Waals surface area (Å²) in [6, 6.07) is 0. The van der Waals surface area contributed by atoms with Gasteiger partial charge in [-0.2, -0.15) is 0 Å². The molecule has 1 fully saturated rings. The molecule has 1 aliphatic heterocycles. The van der Waals surface area contributed by atoms with Crippen LogP contribution in [0.1, 0.15) is 32.6 Å². The van der Waals surface area contributed by atoms with E-state index in [9.17, 15) is 34.5 Å². The molecule has 0 radical (unpaired) electrons. The van der Waals surface area contributed by atoms with Gasteiger partial charge in [0.25, 0.3) is 0 Å². The summed E-state index contributed by atoms with van der Waals surface area (Å²) < 4.78 is 5.33. The van der Waals surface area contributed by atoms with Gasteiger partial charge in [-0.1, -0.05) is 19.4 Å². The van der Waals surface area contributed by atoms with Crippen LogP contribution in [0.25, 0.3) is 0 Å². The van der Waals surface area contributed by atoms with Crippen LogP contribution in [0.15, 0.2) is 12.3 Å². The van der Waals surface area contributed by atoms with Gasteiger partial charge in [0.2, 0.25) is 5.91 Å². The third-order valence-corrected chi connectivity index (χ3v) is 6.12. The Hall–Kier alpha value is -2.74. The third kappa shape index (κ3) is 17.7. The van der Waals surface area contributed by atoms with Crippen molar-refractivity contribution in [2.45, 2.75) is 32.6 Å². The number of hydrogen-bond donors (Lipinski definition) is 4. The lowest BCUT2D eigenvalue weighted by Gasteiger charge is -2.32. The van der Waals surface area contributed by atoms with E-state index < -0.39 is 17.9 Å². The molecule has 0 saturated carbocycles. The lowest BCUT2D eigenvalue weighted by molar-refractivity contribution is -0.140. The van der Waals surface area contributed by atoms with Gasteiger partial charge in [-0.05, 0) is 19.8 Å². The zero-order valence-corrected chi connectivity index (χ0v) is 22.6. The number of carbonyl (C=O) groups excluding carboxylic acids is 1. The van der Waals surface area contributed by atoms with Crippen molar-refractivity contribution >= 4 is 23.8 Å². The highest BCUT2D eigenvalue weighted by Gasteiger charge is 2.21. The molecule has 1 heterocycles. The molecular formula is C25H45N5O8. The summed E-state index contributed by atoms with van der Waals surface area (Å²) in [5, 5.41) is 30.8. The second-order valence-electron chi connectivity index (χ2n) is 9.60. The van der Waals surface area contributed by atoms with Crippen molar-refractivity contribution in [1.82, 2.24) is 24.9 Å². The molecule has 218 valence electrons. The fourth-order valence-electron chi connectivity index (χ4n) is 4.10. The summed E-state index contributed by atoms with van der Waals surface area (Å²) >= 11 is 0. The summed E-state index contributed by atoms with van der Waals surface area (Å²) in [6.45, 7) is 9.20. The Balaban J connectivity index is 2.68. The van der Waals surface area contributed by atoms with E-state index in [1.54, 1.807) is 14.7 Å². The minimum Gasteiger partial charge on any atom is -0.499 e. The van der Waals surface area contributed by atoms with Gasteiger partial charge in [0.1, 0.15) is 0 Å². The second kappa shape index (κ2) is 19.3. The molecule has 0 bridgehead atoms. The number of unbranched alkanes of at least 4 members (excludes halogenated alkanes) is 3. The Morgan fingerprint density at radius 3 is 1.39 bits per heavy atom. The van der Waals surface area contributed by atoms with Gasteiger partial charge < -0.3 is 25.4 Å². The van der Waals surface area contributed by atoms with Crippen molar-refractivity contribution < 1.29 is 39.2 Å². The number of carbonyl (C=O) groups is 4. The SMILES string of the molecule is C=C(C)OCCCCCCNC(=O)CN1CCN(CC(=O)O)CCN(CC(=O)O)CCN(CC(=O)O)CC1. The Labute approximate surface area is 225 Å². The summed E-state index contributed by atoms with van der Waals surface area (Å²) in [6.07, 6.45) is 3.75. The molecule has 0 unspecified atom stereocenters. The molecule has 0 aromatic rings. The number of carboxylic acids is 3. The molecule has 0 aliphatic carbocycles. The average Bonchev–Trinajstić information content (AvgIpc) is 2.81. The monoisotopic (exact) mass is 543 g/mol. The Bertz CT molecular complexity index is 734. The minimum absolute atomic E-state index is 0.124. The molecule has 1 saturated heterocycles. The Kier molecular flexibility index (Phi) is 16.9. The number of ether oxygens (including phenoxy) is 1. The fraction of sp³-hybridized carbons (Fsp3) is 0.760. The smallest absolute Gasteiger partial charge is 0.317 e. The number of rotatable bonds is 16. The van der Waals surface area contributed by atoms with E-state index in [-0.39, 0.29) is 32.1 Å². The van der Waals surface area contributed by atoms with Gasteiger partial charge in [0, 0.05) is 58.9 Å². The number of amides is 1. The molecule has 0 atom stereocenters. The van der Waals surface area contributed by atoms with Crippen LogP contribution in [0.2, 0.25) is 0 Å². The quantitative estimate of drug-likeness (QED) is 0.149. The first-order chi connectivity index (χ1) is 18.0. The maximum absolute atomic E-state index is 12.6. The van der Waals surface area contributed by atoms with Crippen molar-refractivity contribution in [3.8, 4) is 0 Å². The van der Waals surface area contributed by atoms with Crippen LogP contribution in [0.5, 0.6) is 0 Å². The van der Waals surface area contributed by atoms with Gasteiger partial charge in [-0.3, -0.25) is 38.8 Å². The Morgan fingerprint density at radius 1 is 0.658 bits per heavy atom. The van der Waals surface area contributed by atoms with Crippen molar-refractivity contribution in [3.63, 3.8) is 0 Å². The van der Waals surface area contributed by atoms with Crippen LogP contribution < -0.4 is 5.32 Å². The molecule has 1 aliphatic rings. The van der Waals surface area contributed by atoms with Crippen LogP contribution in [-0.2, 0) is 23.9 Å². The summed E-state index contributed by atoms with van der Waals surface area (Å²) in [7, 11) is 0. The molecule has 0 aromatic carbocycles. The van der Waals surface area contributed by atoms with E-state index in [1.807, 2.05) is 11.8 Å². The highest BCUT2D eigenvalue weighted by molar-refractivity contribution is 5.78. The van der Waals surface area contributed by atoms with Gasteiger partial charge in [-0.15, -0.1) is 0 Å². The first-order valence-corrected chi connectivity index (χ1v) is 13.1. The number of hydrogen-bond acceptors (Lipinski definition) is 9. The largest absolute Gasteiger partial charge is 0.499 e. The lowest BCUT2D eigenvalue weighted by atomic mass is 10.2. The second-order valence-corrected chi connectivity index (χ2v) is 9.60. The molecule has 4 N–H and O–H groups in total. The van der Waals surface area contributed by atoms with E-state index in [0.29, 0.717) is 71.3 Å². The molecule has 1 amide bonds. The number of aliphatic carboxylic acids is 3. The molecule has 38 heavy (non-hydrogen) atoms. The zero-order valence-electron chi connectivity index (χ0n) is 22.6. The Morgan fingerprint density at radius 2 is 1.03 bits per heavy atom. The first-order valence-electron chi connectivity index (χ1n) is 13.1. The predicted molar refractivity (Wildman–Crippen MR) is 141 cm³/mol. The lowest BCUT2D eigenvalue weighted by Crippen LogP contribution is -2.49. The maximum atomic E-state index is 12.6. The topological polar surface area (TPSA) is 163 Å².